The molecule has 2 atom stereocenters. The number of aromatic nitrogens is 2. The number of hydrogen-bond acceptors (Lipinski definition) is 4. The summed E-state index contributed by atoms with van der Waals surface area (Å²) in [4.78, 5) is 40.2. The van der Waals surface area contributed by atoms with Crippen molar-refractivity contribution in [3.8, 4) is 0 Å². The van der Waals surface area contributed by atoms with Gasteiger partial charge in [-0.25, -0.2) is 4.79 Å². The Hall–Kier alpha value is -1.89. The van der Waals surface area contributed by atoms with E-state index in [1.54, 1.807) is 0 Å². The van der Waals surface area contributed by atoms with Crippen LogP contribution in [0, 0.1) is 5.92 Å². The fraction of sp³-hybridized carbons (Fsp3) is 0.545. The Morgan fingerprint density at radius 2 is 2.22 bits per heavy atom. The summed E-state index contributed by atoms with van der Waals surface area (Å²) in [5.74, 6) is -0.228. The van der Waals surface area contributed by atoms with Crippen molar-refractivity contribution in [1.82, 2.24) is 14.9 Å². The first-order chi connectivity index (χ1) is 8.52. The molecule has 1 aromatic rings. The van der Waals surface area contributed by atoms with Gasteiger partial charge in [-0.3, -0.25) is 14.6 Å². The number of hydrogen-bond donors (Lipinski definition) is 3. The highest BCUT2D eigenvalue weighted by atomic mass is 16.3. The quantitative estimate of drug-likeness (QED) is 0.622. The van der Waals surface area contributed by atoms with Crippen LogP contribution in [-0.4, -0.2) is 45.1 Å². The van der Waals surface area contributed by atoms with E-state index < -0.39 is 17.2 Å². The standard InChI is InChI=1S/C11H15N3O4/c1-6-2-3-14(8(6)5-15)10(17)7-4-9(16)13-11(18)12-7/h4,6,8,15H,2-3,5H2,1H3,(H2,12,13,16,18). The fourth-order valence-electron chi connectivity index (χ4n) is 2.28. The number of likely N-dealkylation sites (tertiary alicyclic amines) is 1. The number of rotatable bonds is 2. The molecule has 0 saturated carbocycles. The summed E-state index contributed by atoms with van der Waals surface area (Å²) in [6.45, 7) is 2.34. The summed E-state index contributed by atoms with van der Waals surface area (Å²) in [6, 6.07) is 0.793. The van der Waals surface area contributed by atoms with Gasteiger partial charge in [-0.1, -0.05) is 6.92 Å². The average molecular weight is 253 g/mol. The van der Waals surface area contributed by atoms with E-state index in [1.807, 2.05) is 11.9 Å². The second kappa shape index (κ2) is 4.77. The maximum absolute atomic E-state index is 12.2. The van der Waals surface area contributed by atoms with Crippen molar-refractivity contribution in [2.75, 3.05) is 13.2 Å². The predicted octanol–water partition coefficient (Wildman–Crippen LogP) is -1.09. The number of nitrogens with one attached hydrogen (secondary N) is 2. The van der Waals surface area contributed by atoms with Gasteiger partial charge in [0.25, 0.3) is 11.5 Å². The summed E-state index contributed by atoms with van der Waals surface area (Å²) in [7, 11) is 0. The first-order valence-electron chi connectivity index (χ1n) is 5.78. The molecule has 7 nitrogen and oxygen atoms in total. The van der Waals surface area contributed by atoms with Gasteiger partial charge in [-0.05, 0) is 12.3 Å². The third-order valence-corrected chi connectivity index (χ3v) is 3.32. The van der Waals surface area contributed by atoms with Crippen LogP contribution >= 0.6 is 0 Å². The maximum atomic E-state index is 12.2. The highest BCUT2D eigenvalue weighted by Gasteiger charge is 2.34. The van der Waals surface area contributed by atoms with Gasteiger partial charge < -0.3 is 15.0 Å². The molecule has 1 amide bonds. The highest BCUT2D eigenvalue weighted by molar-refractivity contribution is 5.92. The molecular formula is C11H15N3O4. The minimum Gasteiger partial charge on any atom is -0.394 e. The van der Waals surface area contributed by atoms with Crippen LogP contribution in [0.5, 0.6) is 0 Å². The normalized spacial score (nSPS) is 23.3. The summed E-state index contributed by atoms with van der Waals surface area (Å²) in [6.07, 6.45) is 0.796. The third-order valence-electron chi connectivity index (χ3n) is 3.32. The molecule has 0 aromatic carbocycles. The molecule has 1 aromatic heterocycles. The molecule has 2 unspecified atom stereocenters. The molecule has 2 rings (SSSR count). The third kappa shape index (κ3) is 2.21. The van der Waals surface area contributed by atoms with Crippen molar-refractivity contribution in [2.24, 2.45) is 5.92 Å². The zero-order valence-corrected chi connectivity index (χ0v) is 9.97. The Balaban J connectivity index is 2.31. The van der Waals surface area contributed by atoms with Crippen LogP contribution < -0.4 is 11.2 Å². The first kappa shape index (κ1) is 12.6. The predicted molar refractivity (Wildman–Crippen MR) is 63.4 cm³/mol. The number of H-pyrrole nitrogens is 2. The number of aromatic amines is 2. The summed E-state index contributed by atoms with van der Waals surface area (Å²) < 4.78 is 0. The van der Waals surface area contributed by atoms with Gasteiger partial charge in [-0.2, -0.15) is 0 Å². The van der Waals surface area contributed by atoms with Crippen molar-refractivity contribution < 1.29 is 9.90 Å². The zero-order chi connectivity index (χ0) is 13.3. The van der Waals surface area contributed by atoms with Crippen molar-refractivity contribution >= 4 is 5.91 Å². The topological polar surface area (TPSA) is 106 Å². The van der Waals surface area contributed by atoms with E-state index in [1.165, 1.54) is 4.90 Å². The Kier molecular flexibility index (Phi) is 3.33. The van der Waals surface area contributed by atoms with Gasteiger partial charge in [0.2, 0.25) is 0 Å². The van der Waals surface area contributed by atoms with Gasteiger partial charge >= 0.3 is 5.69 Å². The van der Waals surface area contributed by atoms with E-state index in [-0.39, 0.29) is 24.3 Å². The number of carbonyl (C=O) groups excluding carboxylic acids is 1. The second-order valence-electron chi connectivity index (χ2n) is 4.52. The molecular weight excluding hydrogens is 238 g/mol. The smallest absolute Gasteiger partial charge is 0.326 e. The minimum atomic E-state index is -0.710. The number of nitrogens with zero attached hydrogens (tertiary/aromatic N) is 1. The fourth-order valence-corrected chi connectivity index (χ4v) is 2.28. The lowest BCUT2D eigenvalue weighted by Crippen LogP contribution is -2.41. The molecule has 1 aliphatic heterocycles. The lowest BCUT2D eigenvalue weighted by atomic mass is 10.0. The summed E-state index contributed by atoms with van der Waals surface area (Å²) in [5.41, 5.74) is -1.37. The van der Waals surface area contributed by atoms with Gasteiger partial charge in [0, 0.05) is 12.6 Å². The largest absolute Gasteiger partial charge is 0.394 e. The summed E-state index contributed by atoms with van der Waals surface area (Å²) >= 11 is 0. The van der Waals surface area contributed by atoms with E-state index in [9.17, 15) is 19.5 Å². The van der Waals surface area contributed by atoms with Gasteiger partial charge in [0.05, 0.1) is 12.6 Å². The number of aliphatic hydroxyl groups is 1. The molecule has 1 aliphatic rings. The van der Waals surface area contributed by atoms with Crippen LogP contribution in [0.2, 0.25) is 0 Å². The Morgan fingerprint density at radius 1 is 1.50 bits per heavy atom. The number of amides is 1. The molecule has 1 fully saturated rings. The van der Waals surface area contributed by atoms with E-state index in [2.05, 4.69) is 4.98 Å². The second-order valence-corrected chi connectivity index (χ2v) is 4.52. The molecule has 0 spiro atoms. The number of carbonyl (C=O) groups is 1. The van der Waals surface area contributed by atoms with Crippen molar-refractivity contribution in [3.05, 3.63) is 32.6 Å². The van der Waals surface area contributed by atoms with Gasteiger partial charge in [-0.15, -0.1) is 0 Å². The van der Waals surface area contributed by atoms with Crippen molar-refractivity contribution in [2.45, 2.75) is 19.4 Å². The highest BCUT2D eigenvalue weighted by Crippen LogP contribution is 2.24. The van der Waals surface area contributed by atoms with Crippen LogP contribution in [0.25, 0.3) is 0 Å². The zero-order valence-electron chi connectivity index (χ0n) is 9.97. The van der Waals surface area contributed by atoms with E-state index >= 15 is 0 Å². The lowest BCUT2D eigenvalue weighted by molar-refractivity contribution is 0.0641. The lowest BCUT2D eigenvalue weighted by Gasteiger charge is -2.24. The Bertz CT molecular complexity index is 534. The van der Waals surface area contributed by atoms with Crippen LogP contribution in [0.15, 0.2) is 15.7 Å². The SMILES string of the molecule is CC1CCN(C(=O)c2cc(=O)[nH]c(=O)[nH]2)C1CO. The summed E-state index contributed by atoms with van der Waals surface area (Å²) in [5, 5.41) is 9.28. The van der Waals surface area contributed by atoms with Crippen LogP contribution in [-0.2, 0) is 0 Å². The molecule has 3 N–H and O–H groups in total. The Labute approximate surface area is 102 Å². The van der Waals surface area contributed by atoms with Gasteiger partial charge in [0.1, 0.15) is 5.69 Å². The average Bonchev–Trinajstić information content (AvgIpc) is 2.68. The first-order valence-corrected chi connectivity index (χ1v) is 5.78. The van der Waals surface area contributed by atoms with E-state index in [0.29, 0.717) is 6.54 Å². The molecule has 0 bridgehead atoms. The molecule has 98 valence electrons. The van der Waals surface area contributed by atoms with Crippen molar-refractivity contribution in [3.63, 3.8) is 0 Å². The molecule has 7 heteroatoms. The monoisotopic (exact) mass is 253 g/mol. The molecule has 0 aliphatic carbocycles. The van der Waals surface area contributed by atoms with E-state index in [0.717, 1.165) is 12.5 Å². The molecule has 2 heterocycles. The minimum absolute atomic E-state index is 0.0451. The maximum Gasteiger partial charge on any atom is 0.326 e. The molecule has 1 saturated heterocycles. The van der Waals surface area contributed by atoms with Gasteiger partial charge in [0.15, 0.2) is 0 Å². The van der Waals surface area contributed by atoms with Crippen LogP contribution in [0.3, 0.4) is 0 Å². The number of aliphatic hydroxyl groups excluding tert-OH is 1. The van der Waals surface area contributed by atoms with Crippen molar-refractivity contribution in [1.29, 1.82) is 0 Å². The molecule has 18 heavy (non-hydrogen) atoms. The Morgan fingerprint density at radius 3 is 2.83 bits per heavy atom. The van der Waals surface area contributed by atoms with Crippen LogP contribution in [0.4, 0.5) is 0 Å². The van der Waals surface area contributed by atoms with Crippen LogP contribution in [0.1, 0.15) is 23.8 Å². The van der Waals surface area contributed by atoms with E-state index in [4.69, 9.17) is 0 Å². The molecule has 0 radical (unpaired) electrons.